The average molecular weight is 321 g/mol. The van der Waals surface area contributed by atoms with E-state index in [2.05, 4.69) is 4.98 Å². The van der Waals surface area contributed by atoms with E-state index in [9.17, 15) is 13.2 Å². The van der Waals surface area contributed by atoms with Gasteiger partial charge in [0.05, 0.1) is 5.52 Å². The molecule has 3 heterocycles. The fourth-order valence-electron chi connectivity index (χ4n) is 2.85. The minimum atomic E-state index is -3.50. The molecule has 6 nitrogen and oxygen atoms in total. The van der Waals surface area contributed by atoms with Gasteiger partial charge in [0.2, 0.25) is 15.0 Å². The third-order valence-corrected chi connectivity index (χ3v) is 4.89. The number of aromatic nitrogens is 2. The zero-order chi connectivity index (χ0) is 15.7. The van der Waals surface area contributed by atoms with Crippen molar-refractivity contribution >= 4 is 21.3 Å². The molecule has 0 aromatic carbocycles. The van der Waals surface area contributed by atoms with E-state index in [1.54, 1.807) is 29.3 Å². The lowest BCUT2D eigenvalue weighted by Gasteiger charge is -2.19. The van der Waals surface area contributed by atoms with Gasteiger partial charge in [0.25, 0.3) is 5.91 Å². The minimum absolute atomic E-state index is 0.0822. The van der Waals surface area contributed by atoms with Crippen molar-refractivity contribution in [3.8, 4) is 0 Å². The first kappa shape index (κ1) is 15.0. The smallest absolute Gasteiger partial charge is 0.274 e. The number of amides is 1. The van der Waals surface area contributed by atoms with Gasteiger partial charge in [0.1, 0.15) is 0 Å². The molecule has 0 N–H and O–H groups in total. The Balaban J connectivity index is 2.09. The summed E-state index contributed by atoms with van der Waals surface area (Å²) in [6.07, 6.45) is 6.95. The predicted octanol–water partition coefficient (Wildman–Crippen LogP) is 1.75. The number of sulfone groups is 1. The van der Waals surface area contributed by atoms with Crippen LogP contribution in [0.3, 0.4) is 0 Å². The van der Waals surface area contributed by atoms with Crippen molar-refractivity contribution in [3.05, 3.63) is 30.1 Å². The van der Waals surface area contributed by atoms with E-state index < -0.39 is 9.84 Å². The molecule has 118 valence electrons. The van der Waals surface area contributed by atoms with Crippen LogP contribution in [0.4, 0.5) is 0 Å². The first-order valence-electron chi connectivity index (χ1n) is 7.45. The zero-order valence-electron chi connectivity index (χ0n) is 12.5. The summed E-state index contributed by atoms with van der Waals surface area (Å²) in [6.45, 7) is 1.41. The van der Waals surface area contributed by atoms with E-state index in [1.807, 2.05) is 0 Å². The molecule has 1 fully saturated rings. The van der Waals surface area contributed by atoms with Gasteiger partial charge in [-0.05, 0) is 25.0 Å². The van der Waals surface area contributed by atoms with Crippen molar-refractivity contribution in [1.29, 1.82) is 0 Å². The molecule has 7 heteroatoms. The molecule has 1 aliphatic rings. The van der Waals surface area contributed by atoms with Crippen LogP contribution >= 0.6 is 0 Å². The Morgan fingerprint density at radius 3 is 2.45 bits per heavy atom. The summed E-state index contributed by atoms with van der Waals surface area (Å²) in [6, 6.07) is 5.23. The second-order valence-electron chi connectivity index (χ2n) is 5.68. The first-order valence-corrected chi connectivity index (χ1v) is 9.34. The van der Waals surface area contributed by atoms with Crippen LogP contribution in [0.15, 0.2) is 29.6 Å². The monoisotopic (exact) mass is 321 g/mol. The summed E-state index contributed by atoms with van der Waals surface area (Å²) in [7, 11) is -3.50. The number of hydrogen-bond donors (Lipinski definition) is 0. The molecular formula is C15H19N3O3S. The molecule has 3 rings (SSSR count). The van der Waals surface area contributed by atoms with Gasteiger partial charge in [-0.3, -0.25) is 9.20 Å². The maximum absolute atomic E-state index is 12.8. The molecule has 1 aliphatic heterocycles. The number of fused-ring (bicyclic) bond motifs is 1. The van der Waals surface area contributed by atoms with Crippen molar-refractivity contribution < 1.29 is 13.2 Å². The number of carbonyl (C=O) groups excluding carboxylic acids is 1. The second-order valence-corrected chi connectivity index (χ2v) is 7.59. The molecule has 22 heavy (non-hydrogen) atoms. The summed E-state index contributed by atoms with van der Waals surface area (Å²) in [5, 5.41) is -0.0822. The third kappa shape index (κ3) is 2.72. The van der Waals surface area contributed by atoms with Gasteiger partial charge in [-0.15, -0.1) is 0 Å². The number of hydrogen-bond acceptors (Lipinski definition) is 4. The zero-order valence-corrected chi connectivity index (χ0v) is 13.3. The molecule has 1 amide bonds. The van der Waals surface area contributed by atoms with Crippen LogP contribution in [0.25, 0.3) is 5.52 Å². The van der Waals surface area contributed by atoms with Gasteiger partial charge in [-0.25, -0.2) is 13.4 Å². The van der Waals surface area contributed by atoms with E-state index in [1.165, 1.54) is 4.40 Å². The van der Waals surface area contributed by atoms with Crippen molar-refractivity contribution in [1.82, 2.24) is 14.3 Å². The van der Waals surface area contributed by atoms with E-state index in [0.29, 0.717) is 18.6 Å². The van der Waals surface area contributed by atoms with Crippen molar-refractivity contribution in [3.63, 3.8) is 0 Å². The summed E-state index contributed by atoms with van der Waals surface area (Å²) >= 11 is 0. The molecule has 0 bridgehead atoms. The number of likely N-dealkylation sites (tertiary alicyclic amines) is 1. The van der Waals surface area contributed by atoms with Crippen LogP contribution in [-0.2, 0) is 9.84 Å². The predicted molar refractivity (Wildman–Crippen MR) is 82.7 cm³/mol. The SMILES string of the molecule is CS(=O)(=O)c1nc(C(=O)N2CCCCCC2)c2ccccn12. The van der Waals surface area contributed by atoms with E-state index >= 15 is 0 Å². The maximum Gasteiger partial charge on any atom is 0.274 e. The van der Waals surface area contributed by atoms with Gasteiger partial charge in [-0.2, -0.15) is 0 Å². The lowest BCUT2D eigenvalue weighted by molar-refractivity contribution is 0.0758. The molecule has 0 spiro atoms. The fourth-order valence-corrected chi connectivity index (χ4v) is 3.63. The fraction of sp³-hybridized carbons (Fsp3) is 0.467. The highest BCUT2D eigenvalue weighted by molar-refractivity contribution is 7.90. The quantitative estimate of drug-likeness (QED) is 0.845. The van der Waals surface area contributed by atoms with Crippen LogP contribution in [0.1, 0.15) is 36.2 Å². The average Bonchev–Trinajstić information content (AvgIpc) is 2.67. The van der Waals surface area contributed by atoms with Crippen LogP contribution < -0.4 is 0 Å². The second kappa shape index (κ2) is 5.72. The first-order chi connectivity index (χ1) is 10.5. The summed E-state index contributed by atoms with van der Waals surface area (Å²) in [5.41, 5.74) is 0.764. The van der Waals surface area contributed by atoms with Gasteiger partial charge in [0, 0.05) is 25.5 Å². The molecule has 0 saturated carbocycles. The van der Waals surface area contributed by atoms with Gasteiger partial charge >= 0.3 is 0 Å². The molecule has 0 aliphatic carbocycles. The summed E-state index contributed by atoms with van der Waals surface area (Å²) in [5.74, 6) is -0.180. The van der Waals surface area contributed by atoms with E-state index in [-0.39, 0.29) is 16.8 Å². The van der Waals surface area contributed by atoms with Crippen molar-refractivity contribution in [2.45, 2.75) is 30.8 Å². The number of nitrogens with zero attached hydrogens (tertiary/aromatic N) is 3. The van der Waals surface area contributed by atoms with Gasteiger partial charge < -0.3 is 4.90 Å². The Morgan fingerprint density at radius 1 is 1.14 bits per heavy atom. The summed E-state index contributed by atoms with van der Waals surface area (Å²) < 4.78 is 25.3. The maximum atomic E-state index is 12.8. The van der Waals surface area contributed by atoms with E-state index in [0.717, 1.165) is 31.9 Å². The molecule has 1 saturated heterocycles. The molecule has 0 atom stereocenters. The van der Waals surface area contributed by atoms with E-state index in [4.69, 9.17) is 0 Å². The van der Waals surface area contributed by atoms with Crippen LogP contribution in [0.5, 0.6) is 0 Å². The Morgan fingerprint density at radius 2 is 1.82 bits per heavy atom. The highest BCUT2D eigenvalue weighted by Gasteiger charge is 2.26. The highest BCUT2D eigenvalue weighted by atomic mass is 32.2. The Hall–Kier alpha value is -1.89. The van der Waals surface area contributed by atoms with Crippen LogP contribution in [0, 0.1) is 0 Å². The number of rotatable bonds is 2. The van der Waals surface area contributed by atoms with Crippen LogP contribution in [-0.4, -0.2) is 48.0 Å². The molecule has 0 radical (unpaired) electrons. The Labute approximate surface area is 129 Å². The van der Waals surface area contributed by atoms with Gasteiger partial charge in [0.15, 0.2) is 5.69 Å². The Bertz CT molecular complexity index is 803. The van der Waals surface area contributed by atoms with Crippen molar-refractivity contribution in [2.75, 3.05) is 19.3 Å². The number of imidazole rings is 1. The van der Waals surface area contributed by atoms with Crippen molar-refractivity contribution in [2.24, 2.45) is 0 Å². The minimum Gasteiger partial charge on any atom is -0.337 e. The largest absolute Gasteiger partial charge is 0.337 e. The topological polar surface area (TPSA) is 71.7 Å². The normalized spacial score (nSPS) is 16.7. The number of carbonyl (C=O) groups is 1. The third-order valence-electron chi connectivity index (χ3n) is 3.94. The summed E-state index contributed by atoms with van der Waals surface area (Å²) in [4.78, 5) is 18.7. The molecule has 2 aromatic rings. The lowest BCUT2D eigenvalue weighted by atomic mass is 10.2. The highest BCUT2D eigenvalue weighted by Crippen LogP contribution is 2.20. The number of pyridine rings is 1. The molecule has 2 aromatic heterocycles. The molecule has 0 unspecified atom stereocenters. The molecular weight excluding hydrogens is 302 g/mol. The standard InChI is InChI=1S/C15H19N3O3S/c1-22(20,21)15-16-13(12-8-4-7-11-18(12)15)14(19)17-9-5-2-3-6-10-17/h4,7-8,11H,2-3,5-6,9-10H2,1H3. The lowest BCUT2D eigenvalue weighted by Crippen LogP contribution is -2.32. The van der Waals surface area contributed by atoms with Gasteiger partial charge in [-0.1, -0.05) is 18.9 Å². The Kier molecular flexibility index (Phi) is 3.90. The van der Waals surface area contributed by atoms with Crippen LogP contribution in [0.2, 0.25) is 0 Å².